The monoisotopic (exact) mass is 728 g/mol. The Morgan fingerprint density at radius 3 is 1.40 bits per heavy atom. The lowest BCUT2D eigenvalue weighted by Crippen LogP contribution is -2.01. The second kappa shape index (κ2) is 12.4. The van der Waals surface area contributed by atoms with Crippen molar-refractivity contribution in [1.29, 1.82) is 0 Å². The van der Waals surface area contributed by atoms with Gasteiger partial charge >= 0.3 is 0 Å². The average Bonchev–Trinajstić information content (AvgIpc) is 3.94. The molecule has 0 radical (unpaired) electrons. The Bertz CT molecular complexity index is 3300. The molecule has 5 heteroatoms. The highest BCUT2D eigenvalue weighted by Crippen LogP contribution is 2.40. The third kappa shape index (κ3) is 4.89. The van der Waals surface area contributed by atoms with Crippen molar-refractivity contribution >= 4 is 65.6 Å². The molecular formula is C52H32N4O. The van der Waals surface area contributed by atoms with Gasteiger partial charge in [0.1, 0.15) is 11.2 Å². The fourth-order valence-corrected chi connectivity index (χ4v) is 8.80. The first-order valence-electron chi connectivity index (χ1n) is 19.2. The van der Waals surface area contributed by atoms with Crippen molar-refractivity contribution in [2.75, 3.05) is 0 Å². The molecule has 0 bridgehead atoms. The van der Waals surface area contributed by atoms with Crippen molar-refractivity contribution in [3.05, 3.63) is 194 Å². The van der Waals surface area contributed by atoms with Gasteiger partial charge in [-0.3, -0.25) is 0 Å². The van der Waals surface area contributed by atoms with E-state index in [-0.39, 0.29) is 0 Å². The molecule has 0 aliphatic heterocycles. The van der Waals surface area contributed by atoms with E-state index in [1.54, 1.807) is 0 Å². The minimum atomic E-state index is 0.650. The van der Waals surface area contributed by atoms with E-state index in [9.17, 15) is 0 Å². The first-order chi connectivity index (χ1) is 28.3. The molecule has 57 heavy (non-hydrogen) atoms. The summed E-state index contributed by atoms with van der Waals surface area (Å²) < 4.78 is 11.3. The molecule has 0 saturated carbocycles. The normalized spacial score (nSPS) is 11.9. The van der Waals surface area contributed by atoms with E-state index >= 15 is 0 Å². The predicted molar refractivity (Wildman–Crippen MR) is 234 cm³/mol. The van der Waals surface area contributed by atoms with Crippen LogP contribution in [0.15, 0.2) is 199 Å². The van der Waals surface area contributed by atoms with Gasteiger partial charge in [0.25, 0.3) is 0 Å². The van der Waals surface area contributed by atoms with Crippen molar-refractivity contribution in [3.8, 4) is 45.3 Å². The summed E-state index contributed by atoms with van der Waals surface area (Å²) >= 11 is 0. The smallest absolute Gasteiger partial charge is 0.160 e. The number of fused-ring (bicyclic) bond motifs is 9. The molecule has 0 unspecified atom stereocenters. The van der Waals surface area contributed by atoms with Gasteiger partial charge in [-0.15, -0.1) is 0 Å². The number of rotatable bonds is 5. The molecule has 12 aromatic rings. The summed E-state index contributed by atoms with van der Waals surface area (Å²) in [5.74, 6) is 0.650. The van der Waals surface area contributed by atoms with E-state index in [1.807, 2.05) is 30.3 Å². The van der Waals surface area contributed by atoms with Gasteiger partial charge in [-0.1, -0.05) is 133 Å². The van der Waals surface area contributed by atoms with Crippen LogP contribution in [0.25, 0.3) is 111 Å². The molecule has 266 valence electrons. The maximum atomic E-state index is 6.56. The van der Waals surface area contributed by atoms with Gasteiger partial charge < -0.3 is 13.6 Å². The number of aromatic nitrogens is 4. The Morgan fingerprint density at radius 2 is 0.825 bits per heavy atom. The average molecular weight is 729 g/mol. The molecule has 4 aromatic heterocycles. The highest BCUT2D eigenvalue weighted by atomic mass is 16.3. The van der Waals surface area contributed by atoms with Gasteiger partial charge in [0.05, 0.1) is 33.5 Å². The van der Waals surface area contributed by atoms with Crippen LogP contribution in [-0.4, -0.2) is 19.1 Å². The summed E-state index contributed by atoms with van der Waals surface area (Å²) in [7, 11) is 0. The van der Waals surface area contributed by atoms with Gasteiger partial charge in [-0.2, -0.15) is 0 Å². The largest absolute Gasteiger partial charge is 0.455 e. The van der Waals surface area contributed by atoms with E-state index in [2.05, 4.69) is 173 Å². The topological polar surface area (TPSA) is 48.8 Å². The van der Waals surface area contributed by atoms with Crippen LogP contribution in [0, 0.1) is 0 Å². The van der Waals surface area contributed by atoms with E-state index in [0.29, 0.717) is 5.82 Å². The van der Waals surface area contributed by atoms with Gasteiger partial charge in [-0.05, 0) is 60.7 Å². The van der Waals surface area contributed by atoms with Crippen LogP contribution in [0.4, 0.5) is 0 Å². The van der Waals surface area contributed by atoms with Crippen molar-refractivity contribution in [1.82, 2.24) is 19.1 Å². The molecule has 4 heterocycles. The molecule has 0 N–H and O–H groups in total. The molecule has 0 aliphatic rings. The summed E-state index contributed by atoms with van der Waals surface area (Å²) in [6, 6.07) is 68.4. The SMILES string of the molecule is c1ccc(-c2nc(-c3cc(-n4c5ccccc5c5ccccc54)cc(-n4c5ccccc5c5ccccc54)c3)cc(-c3cccc4c3oc3ccccc34)n2)cc1. The predicted octanol–water partition coefficient (Wildman–Crippen LogP) is 13.6. The summed E-state index contributed by atoms with van der Waals surface area (Å²) in [5.41, 5.74) is 12.8. The Balaban J connectivity index is 1.18. The standard InChI is InChI=1S/C52H32N4O/c1-2-15-33(16-3-1)52-53-44(32-45(54-52)43-23-14-22-42-41-21-8-13-28-50(41)57-51(42)43)34-29-35(55-46-24-9-4-17-37(46)38-18-5-10-25-47(38)55)31-36(30-34)56-48-26-11-6-19-39(48)40-20-7-12-27-49(40)56/h1-32H. The Morgan fingerprint density at radius 1 is 0.351 bits per heavy atom. The number of benzene rings is 8. The summed E-state index contributed by atoms with van der Waals surface area (Å²) in [4.78, 5) is 10.6. The molecule has 0 amide bonds. The number of hydrogen-bond acceptors (Lipinski definition) is 3. The molecule has 0 spiro atoms. The Labute approximate surface area is 327 Å². The number of furan rings is 1. The first kappa shape index (κ1) is 31.6. The number of para-hydroxylation sites is 6. The van der Waals surface area contributed by atoms with E-state index in [4.69, 9.17) is 14.4 Å². The first-order valence-corrected chi connectivity index (χ1v) is 19.2. The van der Waals surface area contributed by atoms with Crippen LogP contribution >= 0.6 is 0 Å². The Hall–Kier alpha value is -7.76. The maximum absolute atomic E-state index is 6.56. The molecule has 5 nitrogen and oxygen atoms in total. The molecule has 0 aliphatic carbocycles. The minimum Gasteiger partial charge on any atom is -0.455 e. The zero-order valence-corrected chi connectivity index (χ0v) is 30.7. The third-order valence-electron chi connectivity index (χ3n) is 11.3. The van der Waals surface area contributed by atoms with Crippen LogP contribution in [0.1, 0.15) is 0 Å². The third-order valence-corrected chi connectivity index (χ3v) is 11.3. The van der Waals surface area contributed by atoms with Crippen LogP contribution in [0.5, 0.6) is 0 Å². The molecule has 0 atom stereocenters. The fraction of sp³-hybridized carbons (Fsp3) is 0. The number of nitrogens with zero attached hydrogens (tertiary/aromatic N) is 4. The Kier molecular flexibility index (Phi) is 6.86. The van der Waals surface area contributed by atoms with Crippen molar-refractivity contribution in [3.63, 3.8) is 0 Å². The highest BCUT2D eigenvalue weighted by molar-refractivity contribution is 6.11. The summed E-state index contributed by atoms with van der Waals surface area (Å²) in [6.07, 6.45) is 0. The molecular weight excluding hydrogens is 697 g/mol. The van der Waals surface area contributed by atoms with Crippen LogP contribution < -0.4 is 0 Å². The lowest BCUT2D eigenvalue weighted by Gasteiger charge is -2.16. The van der Waals surface area contributed by atoms with Crippen LogP contribution in [-0.2, 0) is 0 Å². The van der Waals surface area contributed by atoms with Crippen LogP contribution in [0.3, 0.4) is 0 Å². The molecule has 8 aromatic carbocycles. The van der Waals surface area contributed by atoms with Gasteiger partial charge in [-0.25, -0.2) is 9.97 Å². The van der Waals surface area contributed by atoms with E-state index in [1.165, 1.54) is 21.5 Å². The second-order valence-electron chi connectivity index (χ2n) is 14.6. The fourth-order valence-electron chi connectivity index (χ4n) is 8.80. The lowest BCUT2D eigenvalue weighted by molar-refractivity contribution is 0.670. The lowest BCUT2D eigenvalue weighted by atomic mass is 10.0. The van der Waals surface area contributed by atoms with Crippen molar-refractivity contribution in [2.45, 2.75) is 0 Å². The zero-order chi connectivity index (χ0) is 37.5. The molecule has 0 saturated heterocycles. The highest BCUT2D eigenvalue weighted by Gasteiger charge is 2.20. The van der Waals surface area contributed by atoms with Crippen LogP contribution in [0.2, 0.25) is 0 Å². The van der Waals surface area contributed by atoms with Gasteiger partial charge in [0.15, 0.2) is 5.82 Å². The number of hydrogen-bond donors (Lipinski definition) is 0. The zero-order valence-electron chi connectivity index (χ0n) is 30.7. The second-order valence-corrected chi connectivity index (χ2v) is 14.6. The molecule has 0 fully saturated rings. The van der Waals surface area contributed by atoms with Crippen molar-refractivity contribution < 1.29 is 4.42 Å². The molecule has 12 rings (SSSR count). The maximum Gasteiger partial charge on any atom is 0.160 e. The van der Waals surface area contributed by atoms with Gasteiger partial charge in [0.2, 0.25) is 0 Å². The van der Waals surface area contributed by atoms with E-state index in [0.717, 1.165) is 83.5 Å². The van der Waals surface area contributed by atoms with Crippen molar-refractivity contribution in [2.24, 2.45) is 0 Å². The van der Waals surface area contributed by atoms with E-state index < -0.39 is 0 Å². The quantitative estimate of drug-likeness (QED) is 0.177. The van der Waals surface area contributed by atoms with Gasteiger partial charge in [0, 0.05) is 60.4 Å². The minimum absolute atomic E-state index is 0.650. The summed E-state index contributed by atoms with van der Waals surface area (Å²) in [5, 5.41) is 7.00. The summed E-state index contributed by atoms with van der Waals surface area (Å²) in [6.45, 7) is 0.